The molecule has 0 aromatic heterocycles. The van der Waals surface area contributed by atoms with Crippen molar-refractivity contribution in [2.45, 2.75) is 40.5 Å². The van der Waals surface area contributed by atoms with Crippen molar-refractivity contribution in [1.29, 1.82) is 0 Å². The summed E-state index contributed by atoms with van der Waals surface area (Å²) in [5.74, 6) is 1.62. The molecule has 0 saturated carbocycles. The third-order valence-corrected chi connectivity index (χ3v) is 3.75. The molecule has 0 unspecified atom stereocenters. The summed E-state index contributed by atoms with van der Waals surface area (Å²) in [4.78, 5) is 0. The maximum atomic E-state index is 3.54. The average Bonchev–Trinajstić information content (AvgIpc) is 2.05. The van der Waals surface area contributed by atoms with Crippen molar-refractivity contribution in [3.63, 3.8) is 0 Å². The highest BCUT2D eigenvalue weighted by atomic mass is 14.9. The van der Waals surface area contributed by atoms with E-state index >= 15 is 0 Å². The molecule has 0 aromatic carbocycles. The van der Waals surface area contributed by atoms with Crippen LogP contribution in [0, 0.1) is 17.3 Å². The van der Waals surface area contributed by atoms with Crippen LogP contribution in [0.1, 0.15) is 40.5 Å². The molecule has 0 atom stereocenters. The molecule has 1 nitrogen and oxygen atoms in total. The quantitative estimate of drug-likeness (QED) is 0.670. The van der Waals surface area contributed by atoms with Crippen molar-refractivity contribution < 1.29 is 0 Å². The number of piperidine rings is 1. The van der Waals surface area contributed by atoms with Crippen LogP contribution in [0.3, 0.4) is 0 Å². The van der Waals surface area contributed by atoms with Crippen LogP contribution in [0.2, 0.25) is 0 Å². The van der Waals surface area contributed by atoms with Crippen LogP contribution in [-0.2, 0) is 0 Å². The van der Waals surface area contributed by atoms with Gasteiger partial charge in [0.1, 0.15) is 0 Å². The molecule has 0 aromatic rings. The van der Waals surface area contributed by atoms with Gasteiger partial charge < -0.3 is 5.32 Å². The van der Waals surface area contributed by atoms with Gasteiger partial charge in [-0.15, -0.1) is 0 Å². The van der Waals surface area contributed by atoms with Gasteiger partial charge in [0.05, 0.1) is 0 Å². The van der Waals surface area contributed by atoms with E-state index in [4.69, 9.17) is 0 Å². The van der Waals surface area contributed by atoms with Gasteiger partial charge in [0.15, 0.2) is 0 Å². The number of hydrogen-bond acceptors (Lipinski definition) is 1. The van der Waals surface area contributed by atoms with Crippen LogP contribution in [0.5, 0.6) is 0 Å². The molecule has 0 spiro atoms. The second kappa shape index (κ2) is 3.78. The number of rotatable bonds is 2. The topological polar surface area (TPSA) is 12.0 Å². The maximum Gasteiger partial charge on any atom is 0.00127 e. The van der Waals surface area contributed by atoms with E-state index in [0.29, 0.717) is 5.41 Å². The molecule has 1 fully saturated rings. The first-order chi connectivity index (χ1) is 5.59. The zero-order valence-corrected chi connectivity index (χ0v) is 8.98. The van der Waals surface area contributed by atoms with Gasteiger partial charge in [-0.3, -0.25) is 0 Å². The summed E-state index contributed by atoms with van der Waals surface area (Å²) in [6.07, 6.45) is 2.77. The highest BCUT2D eigenvalue weighted by molar-refractivity contribution is 4.90. The monoisotopic (exact) mass is 169 g/mol. The van der Waals surface area contributed by atoms with Crippen molar-refractivity contribution in [3.8, 4) is 0 Å². The van der Waals surface area contributed by atoms with E-state index in [9.17, 15) is 0 Å². The molecule has 1 aliphatic heterocycles. The van der Waals surface area contributed by atoms with Crippen molar-refractivity contribution in [3.05, 3.63) is 0 Å². The fourth-order valence-corrected chi connectivity index (χ4v) is 2.60. The largest absolute Gasteiger partial charge is 0.316 e. The number of hydrogen-bond donors (Lipinski definition) is 1. The first kappa shape index (κ1) is 10.0. The average molecular weight is 169 g/mol. The third-order valence-electron chi connectivity index (χ3n) is 3.75. The Morgan fingerprint density at radius 1 is 1.08 bits per heavy atom. The minimum atomic E-state index is 0.568. The maximum absolute atomic E-state index is 3.54. The third kappa shape index (κ3) is 1.66. The first-order valence-corrected chi connectivity index (χ1v) is 5.30. The molecule has 72 valence electrons. The van der Waals surface area contributed by atoms with Crippen molar-refractivity contribution in [2.75, 3.05) is 13.1 Å². The zero-order chi connectivity index (χ0) is 9.19. The lowest BCUT2D eigenvalue weighted by atomic mass is 9.65. The van der Waals surface area contributed by atoms with E-state index in [1.807, 2.05) is 0 Å². The predicted molar refractivity (Wildman–Crippen MR) is 54.2 cm³/mol. The molecule has 0 amide bonds. The molecule has 1 heterocycles. The first-order valence-electron chi connectivity index (χ1n) is 5.30. The Hall–Kier alpha value is -0.0400. The smallest absolute Gasteiger partial charge is 0.00127 e. The van der Waals surface area contributed by atoms with Crippen LogP contribution < -0.4 is 5.32 Å². The lowest BCUT2D eigenvalue weighted by Crippen LogP contribution is -2.46. The molecular formula is C11H23N. The molecule has 0 bridgehead atoms. The number of nitrogens with one attached hydrogen (secondary N) is 1. The van der Waals surface area contributed by atoms with Crippen LogP contribution in [-0.4, -0.2) is 13.1 Å². The molecule has 1 rings (SSSR count). The fourth-order valence-electron chi connectivity index (χ4n) is 2.60. The van der Waals surface area contributed by atoms with E-state index in [-0.39, 0.29) is 0 Å². The lowest BCUT2D eigenvalue weighted by Gasteiger charge is -2.44. The normalized spacial score (nSPS) is 23.5. The van der Waals surface area contributed by atoms with Gasteiger partial charge in [0, 0.05) is 6.54 Å². The second-order valence-electron chi connectivity index (χ2n) is 4.82. The molecule has 1 heteroatoms. The van der Waals surface area contributed by atoms with Crippen LogP contribution >= 0.6 is 0 Å². The van der Waals surface area contributed by atoms with Gasteiger partial charge in [0.2, 0.25) is 0 Å². The van der Waals surface area contributed by atoms with E-state index < -0.39 is 0 Å². The highest BCUT2D eigenvalue weighted by Crippen LogP contribution is 2.41. The molecule has 0 aliphatic carbocycles. The van der Waals surface area contributed by atoms with E-state index in [1.165, 1.54) is 25.9 Å². The highest BCUT2D eigenvalue weighted by Gasteiger charge is 2.37. The van der Waals surface area contributed by atoms with Crippen molar-refractivity contribution >= 4 is 0 Å². The molecule has 1 saturated heterocycles. The zero-order valence-electron chi connectivity index (χ0n) is 8.98. The Kier molecular flexibility index (Phi) is 3.16. The van der Waals surface area contributed by atoms with Gasteiger partial charge in [-0.05, 0) is 36.6 Å². The predicted octanol–water partition coefficient (Wildman–Crippen LogP) is 2.67. The standard InChI is InChI=1S/C11H23N/c1-9(2)11(10(3)4)6-5-7-12-8-11/h9-10,12H,5-8H2,1-4H3. The van der Waals surface area contributed by atoms with E-state index in [0.717, 1.165) is 11.8 Å². The molecular weight excluding hydrogens is 146 g/mol. The Labute approximate surface area is 76.9 Å². The summed E-state index contributed by atoms with van der Waals surface area (Å²) in [6, 6.07) is 0. The van der Waals surface area contributed by atoms with E-state index in [2.05, 4.69) is 33.0 Å². The van der Waals surface area contributed by atoms with Gasteiger partial charge in [-0.2, -0.15) is 0 Å². The van der Waals surface area contributed by atoms with Crippen molar-refractivity contribution in [1.82, 2.24) is 5.32 Å². The van der Waals surface area contributed by atoms with Gasteiger partial charge >= 0.3 is 0 Å². The van der Waals surface area contributed by atoms with E-state index in [1.54, 1.807) is 0 Å². The summed E-state index contributed by atoms with van der Waals surface area (Å²) in [7, 11) is 0. The Morgan fingerprint density at radius 2 is 1.67 bits per heavy atom. The lowest BCUT2D eigenvalue weighted by molar-refractivity contribution is 0.0743. The van der Waals surface area contributed by atoms with Crippen molar-refractivity contribution in [2.24, 2.45) is 17.3 Å². The molecule has 12 heavy (non-hydrogen) atoms. The Bertz CT molecular complexity index is 122. The molecule has 0 radical (unpaired) electrons. The molecule has 1 N–H and O–H groups in total. The van der Waals surface area contributed by atoms with Gasteiger partial charge in [-0.1, -0.05) is 27.7 Å². The molecule has 1 aliphatic rings. The second-order valence-corrected chi connectivity index (χ2v) is 4.82. The van der Waals surface area contributed by atoms with Gasteiger partial charge in [0.25, 0.3) is 0 Å². The Balaban J connectivity index is 2.70. The minimum absolute atomic E-state index is 0.568. The van der Waals surface area contributed by atoms with Crippen LogP contribution in [0.4, 0.5) is 0 Å². The van der Waals surface area contributed by atoms with Crippen LogP contribution in [0.25, 0.3) is 0 Å². The SMILES string of the molecule is CC(C)C1(C(C)C)CCCNC1. The Morgan fingerprint density at radius 3 is 1.92 bits per heavy atom. The summed E-state index contributed by atoms with van der Waals surface area (Å²) < 4.78 is 0. The summed E-state index contributed by atoms with van der Waals surface area (Å²) in [6.45, 7) is 11.9. The summed E-state index contributed by atoms with van der Waals surface area (Å²) >= 11 is 0. The minimum Gasteiger partial charge on any atom is -0.316 e. The van der Waals surface area contributed by atoms with Gasteiger partial charge in [-0.25, -0.2) is 0 Å². The van der Waals surface area contributed by atoms with Crippen LogP contribution in [0.15, 0.2) is 0 Å². The fraction of sp³-hybridized carbons (Fsp3) is 1.00. The summed E-state index contributed by atoms with van der Waals surface area (Å²) in [5, 5.41) is 3.54. The summed E-state index contributed by atoms with van der Waals surface area (Å²) in [5.41, 5.74) is 0.568.